The number of hydrogen-bond acceptors (Lipinski definition) is 14. The highest BCUT2D eigenvalue weighted by atomic mass is 16.7. The summed E-state index contributed by atoms with van der Waals surface area (Å²) in [5.41, 5.74) is -0.691. The van der Waals surface area contributed by atoms with Crippen LogP contribution in [0.5, 0.6) is 23.0 Å². The summed E-state index contributed by atoms with van der Waals surface area (Å²) in [6.07, 6.45) is 5.83. The second-order valence-corrected chi connectivity index (χ2v) is 14.4. The minimum atomic E-state index is -2.06. The summed E-state index contributed by atoms with van der Waals surface area (Å²) in [6, 6.07) is 0. The molecule has 3 heterocycles. The van der Waals surface area contributed by atoms with Crippen molar-refractivity contribution in [1.29, 1.82) is 0 Å². The first-order chi connectivity index (χ1) is 26.3. The van der Waals surface area contributed by atoms with E-state index < -0.39 is 88.8 Å². The number of ether oxygens (including phenoxy) is 4. The van der Waals surface area contributed by atoms with Crippen LogP contribution in [0.3, 0.4) is 0 Å². The molecular formula is C41H52N2O13. The summed E-state index contributed by atoms with van der Waals surface area (Å²) < 4.78 is 23.4. The molecule has 56 heavy (non-hydrogen) atoms. The van der Waals surface area contributed by atoms with Crippen LogP contribution < -0.4 is 10.1 Å². The number of methoxy groups -OCH3 is 1. The molecule has 0 saturated carbocycles. The van der Waals surface area contributed by atoms with Crippen LogP contribution in [-0.4, -0.2) is 93.3 Å². The number of carbonyl (C=O) groups excluding carboxylic acids is 3. The van der Waals surface area contributed by atoms with Crippen molar-refractivity contribution in [2.75, 3.05) is 19.0 Å². The molecular weight excluding hydrogens is 728 g/mol. The average molecular weight is 781 g/mol. The van der Waals surface area contributed by atoms with E-state index in [1.807, 2.05) is 0 Å². The Hall–Kier alpha value is -5.38. The highest BCUT2D eigenvalue weighted by molar-refractivity contribution is 6.23. The molecule has 6 N–H and O–H groups in total. The van der Waals surface area contributed by atoms with Gasteiger partial charge in [0.15, 0.2) is 5.75 Å². The fourth-order valence-electron chi connectivity index (χ4n) is 7.06. The van der Waals surface area contributed by atoms with Crippen LogP contribution >= 0.6 is 0 Å². The second-order valence-electron chi connectivity index (χ2n) is 14.4. The number of carbonyl (C=O) groups is 3. The van der Waals surface area contributed by atoms with E-state index in [0.29, 0.717) is 0 Å². The predicted molar refractivity (Wildman–Crippen MR) is 208 cm³/mol. The lowest BCUT2D eigenvalue weighted by molar-refractivity contribution is -0.160. The van der Waals surface area contributed by atoms with Gasteiger partial charge in [0.1, 0.15) is 30.0 Å². The van der Waals surface area contributed by atoms with Gasteiger partial charge in [-0.2, -0.15) is 0 Å². The van der Waals surface area contributed by atoms with Crippen molar-refractivity contribution in [3.8, 4) is 23.0 Å². The van der Waals surface area contributed by atoms with E-state index in [1.54, 1.807) is 39.8 Å². The monoisotopic (exact) mass is 780 g/mol. The smallest absolute Gasteiger partial charge is 0.312 e. The first-order valence-electron chi connectivity index (χ1n) is 18.2. The third-order valence-corrected chi connectivity index (χ3v) is 10.5. The van der Waals surface area contributed by atoms with Crippen molar-refractivity contribution in [3.63, 3.8) is 0 Å². The van der Waals surface area contributed by atoms with Crippen molar-refractivity contribution < 1.29 is 63.7 Å². The van der Waals surface area contributed by atoms with Gasteiger partial charge in [-0.3, -0.25) is 14.4 Å². The van der Waals surface area contributed by atoms with Crippen molar-refractivity contribution in [2.24, 2.45) is 28.8 Å². The van der Waals surface area contributed by atoms with Crippen LogP contribution in [0, 0.1) is 30.6 Å². The van der Waals surface area contributed by atoms with Gasteiger partial charge in [-0.05, 0) is 19.9 Å². The molecule has 15 nitrogen and oxygen atoms in total. The van der Waals surface area contributed by atoms with Gasteiger partial charge in [-0.15, -0.1) is 0 Å². The second kappa shape index (κ2) is 17.6. The van der Waals surface area contributed by atoms with Gasteiger partial charge < -0.3 is 54.6 Å². The van der Waals surface area contributed by atoms with Crippen molar-refractivity contribution >= 4 is 40.3 Å². The number of rotatable bonds is 6. The lowest BCUT2D eigenvalue weighted by Gasteiger charge is -2.38. The lowest BCUT2D eigenvalue weighted by Crippen LogP contribution is -2.46. The van der Waals surface area contributed by atoms with Crippen LogP contribution in [0.2, 0.25) is 0 Å². The Morgan fingerprint density at radius 1 is 1.00 bits per heavy atom. The summed E-state index contributed by atoms with van der Waals surface area (Å²) in [5, 5.41) is 63.4. The summed E-state index contributed by atoms with van der Waals surface area (Å²) >= 11 is 0. The Labute approximate surface area is 325 Å². The number of benzene rings is 2. The van der Waals surface area contributed by atoms with E-state index in [2.05, 4.69) is 17.1 Å². The van der Waals surface area contributed by atoms with E-state index in [1.165, 1.54) is 59.3 Å². The van der Waals surface area contributed by atoms with E-state index in [-0.39, 0.29) is 51.1 Å². The predicted octanol–water partition coefficient (Wildman–Crippen LogP) is 5.29. The van der Waals surface area contributed by atoms with E-state index in [0.717, 1.165) is 6.21 Å². The van der Waals surface area contributed by atoms with Gasteiger partial charge >= 0.3 is 11.8 Å². The van der Waals surface area contributed by atoms with Gasteiger partial charge in [0.05, 0.1) is 53.0 Å². The number of aliphatic hydroxyl groups is 2. The maximum atomic E-state index is 14.3. The Balaban J connectivity index is 1.97. The van der Waals surface area contributed by atoms with Crippen LogP contribution in [0.1, 0.15) is 70.0 Å². The number of phenols is 3. The molecule has 9 atom stereocenters. The number of aliphatic hydroxyl groups excluding tert-OH is 2. The van der Waals surface area contributed by atoms with Gasteiger partial charge in [-0.1, -0.05) is 63.7 Å². The molecule has 0 spiro atoms. The minimum Gasteiger partial charge on any atom is -0.507 e. The number of phenolic OH excluding ortho intramolecular Hbond substituents is 3. The zero-order valence-electron chi connectivity index (χ0n) is 33.0. The normalized spacial score (nSPS) is 30.9. The number of amides is 1. The molecule has 3 aliphatic rings. The third-order valence-electron chi connectivity index (χ3n) is 10.5. The quantitative estimate of drug-likeness (QED) is 0.0418. The van der Waals surface area contributed by atoms with Crippen molar-refractivity contribution in [3.05, 3.63) is 65.5 Å². The molecule has 2 aromatic carbocycles. The molecule has 5 rings (SSSR count). The summed E-state index contributed by atoms with van der Waals surface area (Å²) in [7, 11) is 1.42. The number of aromatic hydroxyl groups is 3. The molecule has 3 aliphatic heterocycles. The maximum Gasteiger partial charge on any atom is 0.312 e. The van der Waals surface area contributed by atoms with Crippen molar-refractivity contribution in [2.45, 2.75) is 85.6 Å². The molecule has 2 aromatic rings. The molecule has 15 heteroatoms. The van der Waals surface area contributed by atoms with Gasteiger partial charge in [0.2, 0.25) is 0 Å². The summed E-state index contributed by atoms with van der Waals surface area (Å²) in [5.74, 6) is -8.73. The SMILES string of the molecule is C=CCO/N=C\c1c2c(O)c3c(O)c(C)c4c(c3c1O)C(=O)C(C)(O/C=C/C(OC)C(C)C(OC(C)=O)C(C)C(O)C(C)C(O)C(C)/C=C/C=C(\C)C(=O)N2)O4. The summed E-state index contributed by atoms with van der Waals surface area (Å²) in [4.78, 5) is 45.2. The molecule has 0 fully saturated rings. The Morgan fingerprint density at radius 3 is 2.30 bits per heavy atom. The molecule has 304 valence electrons. The molecule has 0 aromatic heterocycles. The molecule has 0 aliphatic carbocycles. The number of allylic oxidation sites excluding steroid dienone is 2. The number of nitrogens with zero attached hydrogens (tertiary/aromatic N) is 1. The number of hydrogen-bond donors (Lipinski definition) is 6. The van der Waals surface area contributed by atoms with Crippen LogP contribution in [0.25, 0.3) is 10.8 Å². The van der Waals surface area contributed by atoms with Crippen LogP contribution in [-0.2, 0) is 28.6 Å². The summed E-state index contributed by atoms with van der Waals surface area (Å²) in [6.45, 7) is 15.9. The minimum absolute atomic E-state index is 0.0192. The lowest BCUT2D eigenvalue weighted by atomic mass is 9.78. The van der Waals surface area contributed by atoms with Gasteiger partial charge in [0.25, 0.3) is 11.7 Å². The number of nitrogens with one attached hydrogen (secondary N) is 1. The zero-order chi connectivity index (χ0) is 41.8. The molecule has 5 bridgehead atoms. The number of esters is 1. The fraction of sp³-hybridized carbons (Fsp3) is 0.463. The highest BCUT2D eigenvalue weighted by Gasteiger charge is 2.50. The standard InChI is InChI=1S/C41H52N2O13/c1-11-16-54-42-18-26-31-36(49)29-28(35(26)48)30-38(24(7)34(29)47)56-41(9,39(30)50)53-17-15-27(52-10)21(4)37(55-25(8)44)23(6)33(46)22(5)32(45)19(2)13-12-14-20(3)40(51)43-31/h11-15,17-19,21-23,27,32-33,37,45-49H,1,16H2,2-10H3,(H,43,51)/b13-12+,17-15+,20-14+,42-18-. The molecule has 0 radical (unpaired) electrons. The highest BCUT2D eigenvalue weighted by Crippen LogP contribution is 2.55. The topological polar surface area (TPSA) is 223 Å². The Bertz CT molecular complexity index is 1990. The van der Waals surface area contributed by atoms with Crippen LogP contribution in [0.4, 0.5) is 5.69 Å². The first-order valence-corrected chi connectivity index (χ1v) is 18.2. The maximum absolute atomic E-state index is 14.3. The zero-order valence-corrected chi connectivity index (χ0v) is 33.0. The average Bonchev–Trinajstić information content (AvgIpc) is 3.42. The molecule has 0 saturated heterocycles. The van der Waals surface area contributed by atoms with Gasteiger partial charge in [-0.25, -0.2) is 0 Å². The third kappa shape index (κ3) is 8.39. The Morgan fingerprint density at radius 2 is 1.68 bits per heavy atom. The Kier molecular flexibility index (Phi) is 13.6. The van der Waals surface area contributed by atoms with E-state index >= 15 is 0 Å². The van der Waals surface area contributed by atoms with Crippen LogP contribution in [0.15, 0.2) is 53.9 Å². The number of ketones is 1. The number of Topliss-reactive ketones (excluding diaryl/α,β-unsaturated/α-hetero) is 1. The number of oxime groups is 1. The van der Waals surface area contributed by atoms with Crippen molar-refractivity contribution in [1.82, 2.24) is 0 Å². The largest absolute Gasteiger partial charge is 0.507 e. The van der Waals surface area contributed by atoms with Gasteiger partial charge in [0, 0.05) is 61.2 Å². The number of anilines is 1. The van der Waals surface area contributed by atoms with E-state index in [9.17, 15) is 39.9 Å². The van der Waals surface area contributed by atoms with E-state index in [4.69, 9.17) is 23.8 Å². The molecule has 9 unspecified atom stereocenters. The molecule has 1 amide bonds. The fourth-order valence-corrected chi connectivity index (χ4v) is 7.06. The first kappa shape index (κ1) is 43.3. The number of fused-ring (bicyclic) bond motifs is 14.